The second-order valence-corrected chi connectivity index (χ2v) is 13.1. The van der Waals surface area contributed by atoms with E-state index in [4.69, 9.17) is 0 Å². The van der Waals surface area contributed by atoms with Crippen LogP contribution in [-0.2, 0) is 0 Å². The van der Waals surface area contributed by atoms with Gasteiger partial charge in [-0.05, 0) is 113 Å². The smallest absolute Gasteiger partial charge is 0.0561 e. The summed E-state index contributed by atoms with van der Waals surface area (Å²) in [5, 5.41) is 4.72. The normalized spacial score (nSPS) is 11.0. The molecule has 0 spiro atoms. The second kappa shape index (κ2) is 14.3. The minimum Gasteiger partial charge on any atom is -0.310 e. The van der Waals surface area contributed by atoms with Crippen LogP contribution in [0.5, 0.6) is 0 Å². The Hall–Kier alpha value is -7.10. The van der Waals surface area contributed by atoms with Crippen molar-refractivity contribution in [3.8, 4) is 0 Å². The van der Waals surface area contributed by atoms with Crippen LogP contribution in [0.1, 0.15) is 0 Å². The van der Waals surface area contributed by atoms with Crippen LogP contribution in [0, 0.1) is 0 Å². The molecule has 0 saturated heterocycles. The molecule has 0 aliphatic carbocycles. The molecule has 0 aromatic heterocycles. The molecule has 3 heteroatoms. The molecule has 53 heavy (non-hydrogen) atoms. The van der Waals surface area contributed by atoms with Crippen LogP contribution < -0.4 is 14.7 Å². The molecule has 0 amide bonds. The Bertz CT molecular complexity index is 2480. The third-order valence-corrected chi connectivity index (χ3v) is 9.74. The maximum absolute atomic E-state index is 2.38. The van der Waals surface area contributed by atoms with Gasteiger partial charge in [-0.3, -0.25) is 0 Å². The molecule has 0 saturated carbocycles. The Labute approximate surface area is 310 Å². The molecule has 252 valence electrons. The Morgan fingerprint density at radius 1 is 0.208 bits per heavy atom. The van der Waals surface area contributed by atoms with Crippen LogP contribution in [0.15, 0.2) is 224 Å². The largest absolute Gasteiger partial charge is 0.310 e. The average Bonchev–Trinajstić information content (AvgIpc) is 3.23. The van der Waals surface area contributed by atoms with E-state index < -0.39 is 0 Å². The van der Waals surface area contributed by atoms with Crippen LogP contribution in [0.4, 0.5) is 51.2 Å². The van der Waals surface area contributed by atoms with Crippen molar-refractivity contribution in [3.05, 3.63) is 224 Å². The monoisotopic (exact) mass is 679 g/mol. The number of rotatable bonds is 9. The zero-order valence-corrected chi connectivity index (χ0v) is 29.2. The highest BCUT2D eigenvalue weighted by molar-refractivity contribution is 6.15. The molecule has 0 unspecified atom stereocenters. The summed E-state index contributed by atoms with van der Waals surface area (Å²) in [6.45, 7) is 0. The van der Waals surface area contributed by atoms with E-state index in [2.05, 4.69) is 239 Å². The number of benzene rings is 9. The number of fused-ring (bicyclic) bond motifs is 3. The summed E-state index contributed by atoms with van der Waals surface area (Å²) >= 11 is 0. The number of anilines is 9. The Balaban J connectivity index is 1.32. The van der Waals surface area contributed by atoms with Crippen molar-refractivity contribution >= 4 is 72.7 Å². The topological polar surface area (TPSA) is 9.72 Å². The summed E-state index contributed by atoms with van der Waals surface area (Å²) in [5.41, 5.74) is 9.91. The van der Waals surface area contributed by atoms with Crippen molar-refractivity contribution in [2.24, 2.45) is 0 Å². The second-order valence-electron chi connectivity index (χ2n) is 13.1. The van der Waals surface area contributed by atoms with Gasteiger partial charge in [0, 0.05) is 50.9 Å². The van der Waals surface area contributed by atoms with Crippen molar-refractivity contribution in [3.63, 3.8) is 0 Å². The maximum Gasteiger partial charge on any atom is 0.0561 e. The van der Waals surface area contributed by atoms with Gasteiger partial charge in [0.2, 0.25) is 0 Å². The highest BCUT2D eigenvalue weighted by Crippen LogP contribution is 2.46. The molecule has 0 heterocycles. The maximum atomic E-state index is 2.38. The lowest BCUT2D eigenvalue weighted by Gasteiger charge is -2.31. The molecule has 0 fully saturated rings. The van der Waals surface area contributed by atoms with E-state index in [0.717, 1.165) is 51.2 Å². The minimum atomic E-state index is 1.08. The average molecular weight is 680 g/mol. The van der Waals surface area contributed by atoms with E-state index in [1.807, 2.05) is 0 Å². The summed E-state index contributed by atoms with van der Waals surface area (Å²) in [7, 11) is 0. The minimum absolute atomic E-state index is 1.08. The van der Waals surface area contributed by atoms with E-state index in [9.17, 15) is 0 Å². The van der Waals surface area contributed by atoms with Gasteiger partial charge in [-0.25, -0.2) is 0 Å². The Kier molecular flexibility index (Phi) is 8.57. The first-order chi connectivity index (χ1) is 26.3. The van der Waals surface area contributed by atoms with Crippen molar-refractivity contribution in [2.45, 2.75) is 0 Å². The van der Waals surface area contributed by atoms with Crippen molar-refractivity contribution in [2.75, 3.05) is 14.7 Å². The highest BCUT2D eigenvalue weighted by Gasteiger charge is 2.21. The van der Waals surface area contributed by atoms with Gasteiger partial charge in [0.1, 0.15) is 0 Å². The predicted octanol–water partition coefficient (Wildman–Crippen LogP) is 14.4. The van der Waals surface area contributed by atoms with Gasteiger partial charge in [0.25, 0.3) is 0 Å². The van der Waals surface area contributed by atoms with Crippen molar-refractivity contribution in [1.82, 2.24) is 0 Å². The zero-order chi connectivity index (χ0) is 35.4. The summed E-state index contributed by atoms with van der Waals surface area (Å²) in [6.07, 6.45) is 0. The third-order valence-electron chi connectivity index (χ3n) is 9.74. The fourth-order valence-electron chi connectivity index (χ4n) is 7.36. The molecule has 3 nitrogen and oxygen atoms in total. The molecule has 0 aliphatic rings. The molecular formula is C50H37N3. The molecule has 0 radical (unpaired) electrons. The highest BCUT2D eigenvalue weighted by atomic mass is 15.2. The molecule has 0 atom stereocenters. The van der Waals surface area contributed by atoms with Gasteiger partial charge in [0.15, 0.2) is 0 Å². The van der Waals surface area contributed by atoms with Gasteiger partial charge < -0.3 is 14.7 Å². The Morgan fingerprint density at radius 2 is 0.566 bits per heavy atom. The summed E-state index contributed by atoms with van der Waals surface area (Å²) in [6, 6.07) is 80.0. The number of hydrogen-bond donors (Lipinski definition) is 0. The molecule has 9 aromatic rings. The van der Waals surface area contributed by atoms with E-state index >= 15 is 0 Å². The van der Waals surface area contributed by atoms with Crippen molar-refractivity contribution < 1.29 is 0 Å². The van der Waals surface area contributed by atoms with Gasteiger partial charge in [-0.2, -0.15) is 0 Å². The standard InChI is InChI=1S/C50H37N3/c1-7-19-39(20-8-1)51(40-21-9-2-10-22-40)45-32-34-47-38(35-45)31-33-48-49(47)36-46(52(41-23-11-3-12-24-41)42-25-13-4-14-26-42)37-50(48)53(43-27-15-5-16-28-43)44-29-17-6-18-30-44/h1-37H. The van der Waals surface area contributed by atoms with Crippen molar-refractivity contribution in [1.29, 1.82) is 0 Å². The Morgan fingerprint density at radius 3 is 0.981 bits per heavy atom. The lowest BCUT2D eigenvalue weighted by atomic mass is 9.97. The zero-order valence-electron chi connectivity index (χ0n) is 29.2. The summed E-state index contributed by atoms with van der Waals surface area (Å²) < 4.78 is 0. The number of nitrogens with zero attached hydrogens (tertiary/aromatic N) is 3. The first kappa shape index (κ1) is 31.9. The van der Waals surface area contributed by atoms with E-state index in [-0.39, 0.29) is 0 Å². The van der Waals surface area contributed by atoms with E-state index in [1.54, 1.807) is 0 Å². The summed E-state index contributed by atoms with van der Waals surface area (Å²) in [5.74, 6) is 0. The third kappa shape index (κ3) is 6.26. The molecule has 0 N–H and O–H groups in total. The molecular weight excluding hydrogens is 643 g/mol. The van der Waals surface area contributed by atoms with Gasteiger partial charge >= 0.3 is 0 Å². The van der Waals surface area contributed by atoms with Crippen LogP contribution >= 0.6 is 0 Å². The lowest BCUT2D eigenvalue weighted by Crippen LogP contribution is -2.13. The van der Waals surface area contributed by atoms with Crippen LogP contribution in [0.2, 0.25) is 0 Å². The van der Waals surface area contributed by atoms with Crippen LogP contribution in [0.3, 0.4) is 0 Å². The van der Waals surface area contributed by atoms with E-state index in [1.165, 1.54) is 21.5 Å². The molecule has 9 rings (SSSR count). The number of hydrogen-bond acceptors (Lipinski definition) is 3. The number of para-hydroxylation sites is 6. The van der Waals surface area contributed by atoms with Gasteiger partial charge in [0.05, 0.1) is 5.69 Å². The fraction of sp³-hybridized carbons (Fsp3) is 0. The lowest BCUT2D eigenvalue weighted by molar-refractivity contribution is 1.26. The SMILES string of the molecule is c1ccc(N(c2ccccc2)c2ccc3c(ccc4c(N(c5ccccc5)c5ccccc5)cc(N(c5ccccc5)c5ccccc5)cc43)c2)cc1. The molecule has 0 bridgehead atoms. The van der Waals surface area contributed by atoms with Gasteiger partial charge in [-0.1, -0.05) is 127 Å². The van der Waals surface area contributed by atoms with Gasteiger partial charge in [-0.15, -0.1) is 0 Å². The summed E-state index contributed by atoms with van der Waals surface area (Å²) in [4.78, 5) is 7.06. The fourth-order valence-corrected chi connectivity index (χ4v) is 7.36. The van der Waals surface area contributed by atoms with Crippen LogP contribution in [-0.4, -0.2) is 0 Å². The predicted molar refractivity (Wildman–Crippen MR) is 226 cm³/mol. The molecule has 9 aromatic carbocycles. The first-order valence-corrected chi connectivity index (χ1v) is 18.0. The quantitative estimate of drug-likeness (QED) is 0.141. The molecule has 0 aliphatic heterocycles. The van der Waals surface area contributed by atoms with E-state index in [0.29, 0.717) is 0 Å². The van der Waals surface area contributed by atoms with Crippen LogP contribution in [0.25, 0.3) is 21.5 Å². The first-order valence-electron chi connectivity index (χ1n) is 18.0.